The van der Waals surface area contributed by atoms with E-state index in [4.69, 9.17) is 4.74 Å². The molecule has 13 nitrogen and oxygen atoms in total. The van der Waals surface area contributed by atoms with Crippen LogP contribution in [0.1, 0.15) is 52.0 Å². The first-order valence-electron chi connectivity index (χ1n) is 15.3. The number of anilines is 1. The number of thioether (sulfide) groups is 1. The van der Waals surface area contributed by atoms with Crippen molar-refractivity contribution in [1.29, 1.82) is 0 Å². The summed E-state index contributed by atoms with van der Waals surface area (Å²) in [6, 6.07) is 12.7. The van der Waals surface area contributed by atoms with Crippen LogP contribution in [0, 0.1) is 0 Å². The largest absolute Gasteiger partial charge is 0.379 e. The minimum Gasteiger partial charge on any atom is -0.379 e. The van der Waals surface area contributed by atoms with E-state index in [2.05, 4.69) is 25.2 Å². The van der Waals surface area contributed by atoms with Gasteiger partial charge in [-0.05, 0) is 56.5 Å². The van der Waals surface area contributed by atoms with Gasteiger partial charge in [-0.3, -0.25) is 19.1 Å². The molecule has 0 spiro atoms. The number of hydrogen-bond acceptors (Lipinski definition) is 10. The Balaban J connectivity index is 1.29. The number of nitrogens with zero attached hydrogens (tertiary/aromatic N) is 5. The number of hydrogen-bond donors (Lipinski definition) is 2. The first kappa shape index (κ1) is 34.0. The molecule has 2 aromatic carbocycles. The lowest BCUT2D eigenvalue weighted by Gasteiger charge is -2.26. The molecule has 2 N–H and O–H groups in total. The fourth-order valence-corrected chi connectivity index (χ4v) is 8.55. The van der Waals surface area contributed by atoms with Crippen molar-refractivity contribution in [3.05, 3.63) is 48.5 Å². The summed E-state index contributed by atoms with van der Waals surface area (Å²) in [5.41, 5.74) is 0.943. The average molecular weight is 690 g/mol. The molecule has 1 aromatic heterocycles. The molecular formula is C30H39N7O6S3. The Bertz CT molecular complexity index is 1790. The Labute approximate surface area is 274 Å². The molecule has 0 aliphatic carbocycles. The average Bonchev–Trinajstić information content (AvgIpc) is 3.33. The van der Waals surface area contributed by atoms with Crippen LogP contribution in [0.15, 0.2) is 68.5 Å². The van der Waals surface area contributed by atoms with Crippen LogP contribution in [0.3, 0.4) is 0 Å². The number of carbonyl (C=O) groups is 1. The van der Waals surface area contributed by atoms with Crippen molar-refractivity contribution < 1.29 is 26.4 Å². The van der Waals surface area contributed by atoms with Crippen molar-refractivity contribution in [2.24, 2.45) is 4.99 Å². The highest BCUT2D eigenvalue weighted by atomic mass is 32.2. The van der Waals surface area contributed by atoms with E-state index in [1.165, 1.54) is 28.2 Å². The van der Waals surface area contributed by atoms with Crippen LogP contribution in [0.5, 0.6) is 0 Å². The summed E-state index contributed by atoms with van der Waals surface area (Å²) in [6.45, 7) is 5.93. The lowest BCUT2D eigenvalue weighted by atomic mass is 10.2. The molecule has 46 heavy (non-hydrogen) atoms. The minimum absolute atomic E-state index is 0.00789. The van der Waals surface area contributed by atoms with Crippen molar-refractivity contribution in [1.82, 2.24) is 23.8 Å². The van der Waals surface area contributed by atoms with E-state index >= 15 is 0 Å². The third-order valence-corrected chi connectivity index (χ3v) is 12.0. The van der Waals surface area contributed by atoms with Gasteiger partial charge >= 0.3 is 0 Å². The SMILES string of the molecule is CC[C@H](C)n1c(SCC(=O)Nc2cccc(S(=O)(=O)NC3=NCCCCC3)c2)nnc1-c1cccc(S(=O)(=O)N2CCOCC2)c1. The van der Waals surface area contributed by atoms with Gasteiger partial charge in [0.15, 0.2) is 11.0 Å². The molecule has 3 aromatic rings. The van der Waals surface area contributed by atoms with Crippen LogP contribution in [0.25, 0.3) is 11.4 Å². The number of amidine groups is 1. The van der Waals surface area contributed by atoms with Crippen LogP contribution in [-0.4, -0.2) is 86.2 Å². The third kappa shape index (κ3) is 8.15. The van der Waals surface area contributed by atoms with Crippen LogP contribution < -0.4 is 10.0 Å². The molecule has 2 aliphatic heterocycles. The molecule has 5 rings (SSSR count). The Hall–Kier alpha value is -3.31. The molecule has 1 atom stereocenters. The molecule has 2 aliphatic rings. The van der Waals surface area contributed by atoms with Gasteiger partial charge in [0.2, 0.25) is 15.9 Å². The van der Waals surface area contributed by atoms with Crippen LogP contribution in [0.2, 0.25) is 0 Å². The molecule has 1 fully saturated rings. The van der Waals surface area contributed by atoms with Gasteiger partial charge < -0.3 is 10.1 Å². The maximum atomic E-state index is 13.3. The maximum absolute atomic E-state index is 13.3. The fraction of sp³-hybridized carbons (Fsp3) is 0.467. The van der Waals surface area contributed by atoms with Gasteiger partial charge in [-0.2, -0.15) is 4.31 Å². The van der Waals surface area contributed by atoms with Gasteiger partial charge in [-0.25, -0.2) is 16.8 Å². The smallest absolute Gasteiger partial charge is 0.262 e. The summed E-state index contributed by atoms with van der Waals surface area (Å²) in [5.74, 6) is 0.601. The van der Waals surface area contributed by atoms with Crippen molar-refractivity contribution in [2.45, 2.75) is 66.9 Å². The second-order valence-electron chi connectivity index (χ2n) is 11.1. The van der Waals surface area contributed by atoms with Gasteiger partial charge in [0.1, 0.15) is 5.84 Å². The lowest BCUT2D eigenvalue weighted by molar-refractivity contribution is -0.113. The summed E-state index contributed by atoms with van der Waals surface area (Å²) < 4.78 is 63.8. The zero-order valence-electron chi connectivity index (χ0n) is 25.9. The highest BCUT2D eigenvalue weighted by molar-refractivity contribution is 7.99. The molecule has 0 bridgehead atoms. The molecule has 1 amide bonds. The van der Waals surface area contributed by atoms with Crippen molar-refractivity contribution in [2.75, 3.05) is 43.9 Å². The van der Waals surface area contributed by atoms with E-state index in [1.807, 2.05) is 18.4 Å². The van der Waals surface area contributed by atoms with Crippen molar-refractivity contribution in [3.63, 3.8) is 0 Å². The first-order valence-corrected chi connectivity index (χ1v) is 19.2. The summed E-state index contributed by atoms with van der Waals surface area (Å²) in [7, 11) is -7.56. The van der Waals surface area contributed by atoms with Crippen molar-refractivity contribution >= 4 is 49.2 Å². The number of morpholine rings is 1. The molecule has 16 heteroatoms. The number of ether oxygens (including phenoxy) is 1. The molecule has 248 valence electrons. The van der Waals surface area contributed by atoms with Gasteiger partial charge in [-0.15, -0.1) is 10.2 Å². The number of carbonyl (C=O) groups excluding carboxylic acids is 1. The highest BCUT2D eigenvalue weighted by Gasteiger charge is 2.28. The van der Waals surface area contributed by atoms with E-state index in [1.54, 1.807) is 36.4 Å². The fourth-order valence-electron chi connectivity index (χ4n) is 5.12. The van der Waals surface area contributed by atoms with E-state index in [0.717, 1.165) is 25.7 Å². The summed E-state index contributed by atoms with van der Waals surface area (Å²) in [5, 5.41) is 12.0. The molecule has 0 saturated carbocycles. The number of rotatable bonds is 11. The Morgan fingerprint density at radius 1 is 1.00 bits per heavy atom. The zero-order chi connectivity index (χ0) is 32.7. The predicted molar refractivity (Wildman–Crippen MR) is 177 cm³/mol. The molecule has 0 radical (unpaired) electrons. The van der Waals surface area contributed by atoms with E-state index in [-0.39, 0.29) is 27.5 Å². The van der Waals surface area contributed by atoms with Gasteiger partial charge in [-0.1, -0.05) is 43.3 Å². The lowest BCUT2D eigenvalue weighted by Crippen LogP contribution is -2.40. The molecule has 1 saturated heterocycles. The number of aromatic nitrogens is 3. The van der Waals surface area contributed by atoms with E-state index in [9.17, 15) is 21.6 Å². The Morgan fingerprint density at radius 3 is 2.54 bits per heavy atom. The number of nitrogens with one attached hydrogen (secondary N) is 2. The number of aliphatic imine (C=N–C) groups is 1. The molecule has 0 unspecified atom stereocenters. The van der Waals surface area contributed by atoms with Crippen LogP contribution in [0.4, 0.5) is 5.69 Å². The highest BCUT2D eigenvalue weighted by Crippen LogP contribution is 2.31. The molecular weight excluding hydrogens is 651 g/mol. The van der Waals surface area contributed by atoms with Gasteiger partial charge in [0, 0.05) is 43.3 Å². The van der Waals surface area contributed by atoms with Crippen molar-refractivity contribution in [3.8, 4) is 11.4 Å². The second kappa shape index (κ2) is 15.1. The standard InChI is InChI=1S/C30H39N7O6S3/c1-3-22(2)37-29(23-9-7-12-26(19-23)46(41,42)36-15-17-43-18-16-36)33-34-30(37)44-21-28(38)32-24-10-8-11-25(20-24)45(39,40)35-27-13-5-4-6-14-31-27/h7-12,19-20,22H,3-6,13-18,21H2,1-2H3,(H,31,35)(H,32,38)/t22-/m0/s1. The second-order valence-corrected chi connectivity index (χ2v) is 15.6. The van der Waals surface area contributed by atoms with Gasteiger partial charge in [0.25, 0.3) is 10.0 Å². The quantitative estimate of drug-likeness (QED) is 0.284. The Morgan fingerprint density at radius 2 is 1.76 bits per heavy atom. The van der Waals surface area contributed by atoms with E-state index in [0.29, 0.717) is 67.3 Å². The van der Waals surface area contributed by atoms with Crippen LogP contribution >= 0.6 is 11.8 Å². The topological polar surface area (TPSA) is 165 Å². The van der Waals surface area contributed by atoms with Gasteiger partial charge in [0.05, 0.1) is 28.8 Å². The predicted octanol–water partition coefficient (Wildman–Crippen LogP) is 3.92. The number of sulfonamides is 2. The van der Waals surface area contributed by atoms with Crippen LogP contribution in [-0.2, 0) is 29.6 Å². The summed E-state index contributed by atoms with van der Waals surface area (Å²) >= 11 is 1.19. The minimum atomic E-state index is -3.86. The Kier molecular flexibility index (Phi) is 11.1. The maximum Gasteiger partial charge on any atom is 0.262 e. The normalized spacial score (nSPS) is 17.1. The zero-order valence-corrected chi connectivity index (χ0v) is 28.3. The number of amides is 1. The number of benzene rings is 2. The molecule has 3 heterocycles. The van der Waals surface area contributed by atoms with E-state index < -0.39 is 20.0 Å². The first-order chi connectivity index (χ1) is 22.1. The third-order valence-electron chi connectivity index (χ3n) is 7.78. The monoisotopic (exact) mass is 689 g/mol. The summed E-state index contributed by atoms with van der Waals surface area (Å²) in [6.07, 6.45) is 4.15. The summed E-state index contributed by atoms with van der Waals surface area (Å²) in [4.78, 5) is 17.5.